The summed E-state index contributed by atoms with van der Waals surface area (Å²) in [6, 6.07) is 0. The third kappa shape index (κ3) is 3.98. The highest BCUT2D eigenvalue weighted by Gasteiger charge is 2.43. The van der Waals surface area contributed by atoms with Crippen LogP contribution >= 0.6 is 0 Å². The predicted molar refractivity (Wildman–Crippen MR) is 66.6 cm³/mol. The van der Waals surface area contributed by atoms with Crippen molar-refractivity contribution in [1.29, 1.82) is 0 Å². The van der Waals surface area contributed by atoms with Crippen LogP contribution in [-0.2, 0) is 9.53 Å². The average molecular weight is 278 g/mol. The van der Waals surface area contributed by atoms with Gasteiger partial charge in [0.25, 0.3) is 0 Å². The molecule has 110 valence electrons. The highest BCUT2D eigenvalue weighted by atomic mass is 19.4. The van der Waals surface area contributed by atoms with Crippen LogP contribution in [0.1, 0.15) is 52.4 Å². The van der Waals surface area contributed by atoms with E-state index >= 15 is 0 Å². The van der Waals surface area contributed by atoms with Gasteiger partial charge in [-0.05, 0) is 31.6 Å². The van der Waals surface area contributed by atoms with Gasteiger partial charge in [-0.1, -0.05) is 33.3 Å². The number of hydrogen-bond donors (Lipinski definition) is 0. The Balaban J connectivity index is 2.84. The van der Waals surface area contributed by atoms with Crippen molar-refractivity contribution in [3.63, 3.8) is 0 Å². The van der Waals surface area contributed by atoms with E-state index < -0.39 is 23.3 Å². The molecule has 0 heterocycles. The summed E-state index contributed by atoms with van der Waals surface area (Å²) in [5, 5.41) is 0. The van der Waals surface area contributed by atoms with Crippen LogP contribution in [0.25, 0.3) is 0 Å². The Morgan fingerprint density at radius 1 is 1.16 bits per heavy atom. The van der Waals surface area contributed by atoms with Crippen molar-refractivity contribution >= 4 is 5.97 Å². The molecule has 0 bridgehead atoms. The van der Waals surface area contributed by atoms with Gasteiger partial charge in [0.15, 0.2) is 0 Å². The summed E-state index contributed by atoms with van der Waals surface area (Å²) < 4.78 is 42.6. The molecule has 1 rings (SSSR count). The first-order chi connectivity index (χ1) is 8.69. The largest absolute Gasteiger partial charge is 0.455 e. The van der Waals surface area contributed by atoms with Crippen LogP contribution in [0.5, 0.6) is 0 Å². The van der Waals surface area contributed by atoms with Crippen molar-refractivity contribution in [2.45, 2.75) is 64.1 Å². The fourth-order valence-electron chi connectivity index (χ4n) is 2.49. The minimum atomic E-state index is -4.72. The van der Waals surface area contributed by atoms with E-state index in [1.807, 2.05) is 13.8 Å². The number of ether oxygens (including phenoxy) is 1. The summed E-state index contributed by atoms with van der Waals surface area (Å²) in [7, 11) is 0. The average Bonchev–Trinajstić information content (AvgIpc) is 2.53. The molecular weight excluding hydrogens is 257 g/mol. The Labute approximate surface area is 112 Å². The highest BCUT2D eigenvalue weighted by Crippen LogP contribution is 2.38. The lowest BCUT2D eigenvalue weighted by atomic mass is 9.83. The molecule has 0 aromatic rings. The topological polar surface area (TPSA) is 26.3 Å². The maximum absolute atomic E-state index is 12.5. The number of carbonyl (C=O) groups is 1. The molecule has 1 fully saturated rings. The van der Waals surface area contributed by atoms with E-state index in [0.717, 1.165) is 25.7 Å². The second-order valence-electron chi connectivity index (χ2n) is 5.50. The fraction of sp³-hybridized carbons (Fsp3) is 0.786. The van der Waals surface area contributed by atoms with Gasteiger partial charge >= 0.3 is 12.1 Å². The van der Waals surface area contributed by atoms with Gasteiger partial charge in [-0.2, -0.15) is 13.2 Å². The van der Waals surface area contributed by atoms with Gasteiger partial charge in [-0.25, -0.2) is 4.79 Å². The van der Waals surface area contributed by atoms with Crippen LogP contribution in [0.4, 0.5) is 13.2 Å². The lowest BCUT2D eigenvalue weighted by Crippen LogP contribution is -2.41. The van der Waals surface area contributed by atoms with Gasteiger partial charge in [0, 0.05) is 0 Å². The van der Waals surface area contributed by atoms with E-state index in [4.69, 9.17) is 4.74 Å². The van der Waals surface area contributed by atoms with Gasteiger partial charge in [-0.3, -0.25) is 0 Å². The number of carbonyl (C=O) groups excluding carboxylic acids is 1. The first kappa shape index (κ1) is 16.1. The van der Waals surface area contributed by atoms with E-state index in [1.54, 1.807) is 0 Å². The van der Waals surface area contributed by atoms with Crippen molar-refractivity contribution in [2.24, 2.45) is 5.92 Å². The minimum absolute atomic E-state index is 0.00409. The van der Waals surface area contributed by atoms with E-state index in [0.29, 0.717) is 12.8 Å². The van der Waals surface area contributed by atoms with Crippen LogP contribution in [0.3, 0.4) is 0 Å². The van der Waals surface area contributed by atoms with Crippen molar-refractivity contribution in [1.82, 2.24) is 0 Å². The van der Waals surface area contributed by atoms with Crippen LogP contribution in [0.2, 0.25) is 0 Å². The zero-order chi connectivity index (χ0) is 14.7. The Bertz CT molecular complexity index is 337. The van der Waals surface area contributed by atoms with Crippen molar-refractivity contribution in [3.05, 3.63) is 12.2 Å². The van der Waals surface area contributed by atoms with E-state index in [-0.39, 0.29) is 5.92 Å². The molecule has 2 nitrogen and oxygen atoms in total. The zero-order valence-electron chi connectivity index (χ0n) is 11.5. The summed E-state index contributed by atoms with van der Waals surface area (Å²) in [6.07, 6.45) is 0.357. The molecule has 0 N–H and O–H groups in total. The van der Waals surface area contributed by atoms with Gasteiger partial charge < -0.3 is 4.74 Å². The Morgan fingerprint density at radius 3 is 2.00 bits per heavy atom. The molecule has 0 amide bonds. The molecule has 19 heavy (non-hydrogen) atoms. The molecule has 0 aliphatic heterocycles. The normalized spacial score (nSPS) is 19.9. The minimum Gasteiger partial charge on any atom is -0.455 e. The number of rotatable bonds is 3. The van der Waals surface area contributed by atoms with Crippen molar-refractivity contribution in [2.75, 3.05) is 0 Å². The maximum atomic E-state index is 12.5. The van der Waals surface area contributed by atoms with Crippen LogP contribution in [0.15, 0.2) is 12.2 Å². The highest BCUT2D eigenvalue weighted by molar-refractivity contribution is 5.89. The molecule has 0 saturated heterocycles. The molecule has 1 aliphatic carbocycles. The molecular formula is C14H21F3O2. The summed E-state index contributed by atoms with van der Waals surface area (Å²) in [5.74, 6) is -1.33. The Kier molecular flexibility index (Phi) is 5.04. The maximum Gasteiger partial charge on any atom is 0.422 e. The first-order valence-electron chi connectivity index (χ1n) is 6.68. The summed E-state index contributed by atoms with van der Waals surface area (Å²) in [4.78, 5) is 11.6. The van der Waals surface area contributed by atoms with E-state index in [2.05, 4.69) is 6.58 Å². The second-order valence-corrected chi connectivity index (χ2v) is 5.50. The van der Waals surface area contributed by atoms with E-state index in [1.165, 1.54) is 0 Å². The zero-order valence-corrected chi connectivity index (χ0v) is 11.5. The molecule has 0 radical (unpaired) electrons. The molecule has 0 atom stereocenters. The molecule has 0 spiro atoms. The third-order valence-electron chi connectivity index (χ3n) is 3.89. The Morgan fingerprint density at radius 2 is 1.63 bits per heavy atom. The van der Waals surface area contributed by atoms with E-state index in [9.17, 15) is 18.0 Å². The molecule has 5 heteroatoms. The molecule has 0 aromatic carbocycles. The quantitative estimate of drug-likeness (QED) is 0.434. The monoisotopic (exact) mass is 278 g/mol. The van der Waals surface area contributed by atoms with Crippen LogP contribution < -0.4 is 0 Å². The molecule has 1 aliphatic rings. The summed E-state index contributed by atoms with van der Waals surface area (Å²) in [6.45, 7) is 6.57. The first-order valence-corrected chi connectivity index (χ1v) is 6.68. The predicted octanol–water partition coefficient (Wildman–Crippen LogP) is 4.40. The van der Waals surface area contributed by atoms with Gasteiger partial charge in [-0.15, -0.1) is 0 Å². The summed E-state index contributed by atoms with van der Waals surface area (Å²) >= 11 is 0. The number of esters is 1. The molecule has 0 aromatic heterocycles. The van der Waals surface area contributed by atoms with Crippen LogP contribution in [-0.4, -0.2) is 17.7 Å². The molecule has 0 unspecified atom stereocenters. The standard InChI is InChI=1S/C14H21F3O2/c1-10(2)13(8-6-4-5-7-9-13)19-12(18)11(3)14(15,16)17/h10H,3-9H2,1-2H3. The third-order valence-corrected chi connectivity index (χ3v) is 3.89. The SMILES string of the molecule is C=C(C(=O)OC1(C(C)C)CCCCCC1)C(F)(F)F. The fourth-order valence-corrected chi connectivity index (χ4v) is 2.49. The van der Waals surface area contributed by atoms with Crippen molar-refractivity contribution in [3.8, 4) is 0 Å². The smallest absolute Gasteiger partial charge is 0.422 e. The summed E-state index contributed by atoms with van der Waals surface area (Å²) in [5.41, 5.74) is -2.20. The second kappa shape index (κ2) is 5.97. The van der Waals surface area contributed by atoms with Gasteiger partial charge in [0.05, 0.1) is 0 Å². The van der Waals surface area contributed by atoms with Crippen LogP contribution in [0, 0.1) is 5.92 Å². The number of hydrogen-bond acceptors (Lipinski definition) is 2. The number of alkyl halides is 3. The lowest BCUT2D eigenvalue weighted by molar-refractivity contribution is -0.171. The van der Waals surface area contributed by atoms with Crippen molar-refractivity contribution < 1.29 is 22.7 Å². The van der Waals surface area contributed by atoms with Gasteiger partial charge in [0.1, 0.15) is 11.2 Å². The molecule has 1 saturated carbocycles. The number of halogens is 3. The lowest BCUT2D eigenvalue weighted by Gasteiger charge is -2.36. The van der Waals surface area contributed by atoms with Gasteiger partial charge in [0.2, 0.25) is 0 Å². The Hall–Kier alpha value is -1.00.